The van der Waals surface area contributed by atoms with Crippen molar-refractivity contribution in [3.05, 3.63) is 69.8 Å². The third kappa shape index (κ3) is 3.89. The molecule has 3 aliphatic rings. The van der Waals surface area contributed by atoms with E-state index in [2.05, 4.69) is 4.90 Å². The molecule has 0 aliphatic carbocycles. The molecule has 2 amide bonds. The number of rotatable bonds is 3. The van der Waals surface area contributed by atoms with Crippen LogP contribution in [0.2, 0.25) is 0 Å². The number of nitrogens with zero attached hydrogens (tertiary/aromatic N) is 2. The van der Waals surface area contributed by atoms with Crippen LogP contribution < -0.4 is 5.63 Å². The third-order valence-electron chi connectivity index (χ3n) is 9.23. The Morgan fingerprint density at radius 3 is 2.69 bits per heavy atom. The predicted octanol–water partition coefficient (Wildman–Crippen LogP) is 5.22. The van der Waals surface area contributed by atoms with Crippen LogP contribution in [0, 0.1) is 25.7 Å². The first-order chi connectivity index (χ1) is 18.9. The summed E-state index contributed by atoms with van der Waals surface area (Å²) in [6, 6.07) is 12.2. The SMILES string of the molecule is Cc1cc2oc(=O)c(CC(=O)N3C[C@H]4C[C@@H](C3)[C@@H]3CCCC(=O)N3C4)c(C)c2c2occ(-c3ccccc3)c12. The van der Waals surface area contributed by atoms with E-state index in [1.807, 2.05) is 55.1 Å². The molecule has 0 spiro atoms. The van der Waals surface area contributed by atoms with Crippen LogP contribution in [0.4, 0.5) is 0 Å². The molecule has 39 heavy (non-hydrogen) atoms. The summed E-state index contributed by atoms with van der Waals surface area (Å²) in [5.41, 5.74) is 4.81. The van der Waals surface area contributed by atoms with Gasteiger partial charge in [0, 0.05) is 43.0 Å². The highest BCUT2D eigenvalue weighted by Gasteiger charge is 2.44. The molecule has 0 unspecified atom stereocenters. The number of furan rings is 1. The first-order valence-corrected chi connectivity index (χ1v) is 14.0. The van der Waals surface area contributed by atoms with Gasteiger partial charge in [0.2, 0.25) is 11.8 Å². The molecule has 0 N–H and O–H groups in total. The number of likely N-dealkylation sites (tertiary alicyclic amines) is 1. The quantitative estimate of drug-likeness (QED) is 0.343. The van der Waals surface area contributed by atoms with Gasteiger partial charge in [-0.2, -0.15) is 0 Å². The molecule has 2 aromatic heterocycles. The second-order valence-corrected chi connectivity index (χ2v) is 11.6. The second-order valence-electron chi connectivity index (χ2n) is 11.6. The van der Waals surface area contributed by atoms with E-state index in [0.717, 1.165) is 58.8 Å². The lowest BCUT2D eigenvalue weighted by molar-refractivity contribution is -0.148. The lowest BCUT2D eigenvalue weighted by atomic mass is 9.76. The van der Waals surface area contributed by atoms with Crippen molar-refractivity contribution in [2.24, 2.45) is 11.8 Å². The van der Waals surface area contributed by atoms with E-state index < -0.39 is 5.63 Å². The minimum absolute atomic E-state index is 0.00151. The van der Waals surface area contributed by atoms with Crippen molar-refractivity contribution in [1.29, 1.82) is 0 Å². The molecule has 3 saturated heterocycles. The fraction of sp³-hybridized carbons (Fsp3) is 0.406. The fourth-order valence-electron chi connectivity index (χ4n) is 7.40. The van der Waals surface area contributed by atoms with Crippen molar-refractivity contribution < 1.29 is 18.4 Å². The van der Waals surface area contributed by atoms with Crippen LogP contribution in [0.3, 0.4) is 0 Å². The van der Waals surface area contributed by atoms with Gasteiger partial charge in [0.25, 0.3) is 0 Å². The smallest absolute Gasteiger partial charge is 0.340 e. The van der Waals surface area contributed by atoms with Crippen LogP contribution in [0.15, 0.2) is 56.3 Å². The Bertz CT molecular complexity index is 1680. The first kappa shape index (κ1) is 24.2. The Morgan fingerprint density at radius 1 is 1.05 bits per heavy atom. The number of hydrogen-bond donors (Lipinski definition) is 0. The van der Waals surface area contributed by atoms with E-state index in [9.17, 15) is 14.4 Å². The maximum atomic E-state index is 13.6. The summed E-state index contributed by atoms with van der Waals surface area (Å²) in [4.78, 5) is 43.2. The molecule has 7 nitrogen and oxygen atoms in total. The highest BCUT2D eigenvalue weighted by molar-refractivity contribution is 6.11. The average molecular weight is 525 g/mol. The van der Waals surface area contributed by atoms with E-state index >= 15 is 0 Å². The van der Waals surface area contributed by atoms with Gasteiger partial charge in [0.15, 0.2) is 0 Å². The molecule has 3 fully saturated rings. The zero-order valence-electron chi connectivity index (χ0n) is 22.4. The Balaban J connectivity index is 1.23. The molecule has 3 atom stereocenters. The van der Waals surface area contributed by atoms with Crippen molar-refractivity contribution in [1.82, 2.24) is 9.80 Å². The van der Waals surface area contributed by atoms with Crippen molar-refractivity contribution in [2.45, 2.75) is 52.0 Å². The first-order valence-electron chi connectivity index (χ1n) is 14.0. The molecule has 0 radical (unpaired) electrons. The number of piperidine rings is 3. The van der Waals surface area contributed by atoms with Gasteiger partial charge in [0.05, 0.1) is 23.6 Å². The number of hydrogen-bond acceptors (Lipinski definition) is 5. The summed E-state index contributed by atoms with van der Waals surface area (Å²) < 4.78 is 11.9. The fourth-order valence-corrected chi connectivity index (χ4v) is 7.40. The molecular weight excluding hydrogens is 492 g/mol. The Labute approximate surface area is 226 Å². The van der Waals surface area contributed by atoms with Crippen LogP contribution in [-0.4, -0.2) is 47.3 Å². The molecule has 2 bridgehead atoms. The van der Waals surface area contributed by atoms with Crippen LogP contribution >= 0.6 is 0 Å². The minimum atomic E-state index is -0.469. The summed E-state index contributed by atoms with van der Waals surface area (Å²) in [5.74, 6) is 0.812. The van der Waals surface area contributed by atoms with E-state index in [1.165, 1.54) is 0 Å². The lowest BCUT2D eigenvalue weighted by Crippen LogP contribution is -2.61. The normalized spacial score (nSPS) is 22.9. The van der Waals surface area contributed by atoms with Gasteiger partial charge in [0.1, 0.15) is 11.2 Å². The van der Waals surface area contributed by atoms with Gasteiger partial charge >= 0.3 is 5.63 Å². The van der Waals surface area contributed by atoms with Gasteiger partial charge < -0.3 is 18.6 Å². The number of benzene rings is 2. The molecule has 7 heteroatoms. The van der Waals surface area contributed by atoms with E-state index in [4.69, 9.17) is 8.83 Å². The Kier molecular flexibility index (Phi) is 5.65. The van der Waals surface area contributed by atoms with Crippen molar-refractivity contribution in [3.63, 3.8) is 0 Å². The topological polar surface area (TPSA) is 84.0 Å². The number of amides is 2. The molecule has 5 heterocycles. The molecule has 7 rings (SSSR count). The largest absolute Gasteiger partial charge is 0.463 e. The zero-order valence-corrected chi connectivity index (χ0v) is 22.4. The van der Waals surface area contributed by atoms with Gasteiger partial charge in [-0.15, -0.1) is 0 Å². The summed E-state index contributed by atoms with van der Waals surface area (Å²) in [6.07, 6.45) is 5.41. The standard InChI is InChI=1S/C32H32N2O5/c1-18-11-26-30(31-29(18)24(17-38-31)21-7-4-3-5-8-21)19(2)23(32(37)39-26)13-28(36)33-14-20-12-22(16-33)25-9-6-10-27(35)34(25)15-20/h3-5,7-8,11,17,20,22,25H,6,9-10,12-16H2,1-2H3/t20-,22+,25+/m1/s1. The number of carbonyl (C=O) groups excluding carboxylic acids is 2. The summed E-state index contributed by atoms with van der Waals surface area (Å²) >= 11 is 0. The summed E-state index contributed by atoms with van der Waals surface area (Å²) in [5, 5.41) is 1.73. The minimum Gasteiger partial charge on any atom is -0.463 e. The maximum Gasteiger partial charge on any atom is 0.340 e. The van der Waals surface area contributed by atoms with Crippen LogP contribution in [0.5, 0.6) is 0 Å². The summed E-state index contributed by atoms with van der Waals surface area (Å²) in [6.45, 7) is 5.89. The zero-order chi connectivity index (χ0) is 26.8. The van der Waals surface area contributed by atoms with E-state index in [0.29, 0.717) is 48.1 Å². The second kappa shape index (κ2) is 9.11. The number of carbonyl (C=O) groups is 2. The molecule has 2 aromatic carbocycles. The highest BCUT2D eigenvalue weighted by Crippen LogP contribution is 2.40. The average Bonchev–Trinajstić information content (AvgIpc) is 3.37. The van der Waals surface area contributed by atoms with E-state index in [-0.39, 0.29) is 24.3 Å². The Morgan fingerprint density at radius 2 is 1.87 bits per heavy atom. The molecule has 0 saturated carbocycles. The lowest BCUT2D eigenvalue weighted by Gasteiger charge is -2.52. The van der Waals surface area contributed by atoms with Crippen molar-refractivity contribution in [2.75, 3.05) is 19.6 Å². The van der Waals surface area contributed by atoms with Gasteiger partial charge in [-0.25, -0.2) is 4.79 Å². The highest BCUT2D eigenvalue weighted by atomic mass is 16.4. The summed E-state index contributed by atoms with van der Waals surface area (Å²) in [7, 11) is 0. The third-order valence-corrected chi connectivity index (χ3v) is 9.23. The Hall–Kier alpha value is -3.87. The van der Waals surface area contributed by atoms with E-state index in [1.54, 1.807) is 6.26 Å². The number of fused-ring (bicyclic) bond motifs is 7. The molecule has 200 valence electrons. The van der Waals surface area contributed by atoms with Crippen molar-refractivity contribution >= 4 is 33.8 Å². The monoisotopic (exact) mass is 524 g/mol. The van der Waals surface area contributed by atoms with Crippen LogP contribution in [0.1, 0.15) is 42.4 Å². The molecular formula is C32H32N2O5. The molecule has 4 aromatic rings. The van der Waals surface area contributed by atoms with Gasteiger partial charge in [-0.1, -0.05) is 30.3 Å². The van der Waals surface area contributed by atoms with Crippen LogP contribution in [0.25, 0.3) is 33.1 Å². The predicted molar refractivity (Wildman–Crippen MR) is 148 cm³/mol. The van der Waals surface area contributed by atoms with Gasteiger partial charge in [-0.3, -0.25) is 9.59 Å². The van der Waals surface area contributed by atoms with Gasteiger partial charge in [-0.05, 0) is 67.7 Å². The molecule has 3 aliphatic heterocycles. The number of aryl methyl sites for hydroxylation is 2. The van der Waals surface area contributed by atoms with Crippen molar-refractivity contribution in [3.8, 4) is 11.1 Å². The van der Waals surface area contributed by atoms with Crippen LogP contribution in [-0.2, 0) is 16.0 Å². The maximum absolute atomic E-state index is 13.6.